The summed E-state index contributed by atoms with van der Waals surface area (Å²) in [5.74, 6) is 0.543. The maximum absolute atomic E-state index is 2.44. The lowest BCUT2D eigenvalue weighted by Gasteiger charge is -2.31. The lowest BCUT2D eigenvalue weighted by atomic mass is 9.72. The summed E-state index contributed by atoms with van der Waals surface area (Å²) in [6.45, 7) is 0. The van der Waals surface area contributed by atoms with Crippen LogP contribution in [0.1, 0.15) is 56.3 Å². The number of rotatable bonds is 5. The molecule has 0 heteroatoms. The molecule has 0 aromatic heterocycles. The molecule has 0 spiro atoms. The molecule has 0 bridgehead atoms. The van der Waals surface area contributed by atoms with Crippen LogP contribution in [0.4, 0.5) is 0 Å². The van der Waals surface area contributed by atoms with Crippen LogP contribution < -0.4 is 0 Å². The fourth-order valence-electron chi connectivity index (χ4n) is 6.84. The van der Waals surface area contributed by atoms with E-state index in [1.807, 2.05) is 0 Å². The van der Waals surface area contributed by atoms with Gasteiger partial charge >= 0.3 is 0 Å². The van der Waals surface area contributed by atoms with Crippen LogP contribution in [0.25, 0.3) is 58.0 Å². The summed E-state index contributed by atoms with van der Waals surface area (Å²) in [7, 11) is 0. The maximum atomic E-state index is 2.44. The second-order valence-electron chi connectivity index (χ2n) is 11.3. The molecular weight excluding hydrogens is 504 g/mol. The quantitative estimate of drug-likeness (QED) is 0.193. The lowest BCUT2D eigenvalue weighted by molar-refractivity contribution is 0.748. The van der Waals surface area contributed by atoms with Gasteiger partial charge in [0.1, 0.15) is 0 Å². The van der Waals surface area contributed by atoms with E-state index >= 15 is 0 Å². The van der Waals surface area contributed by atoms with E-state index in [-0.39, 0.29) is 11.8 Å². The van der Waals surface area contributed by atoms with E-state index in [1.165, 1.54) is 66.1 Å². The van der Waals surface area contributed by atoms with E-state index in [2.05, 4.69) is 170 Å². The summed E-state index contributed by atoms with van der Waals surface area (Å²) in [6.07, 6.45) is 18.6. The molecule has 8 rings (SSSR count). The van der Waals surface area contributed by atoms with Gasteiger partial charge < -0.3 is 0 Å². The van der Waals surface area contributed by atoms with Crippen molar-refractivity contribution in [1.82, 2.24) is 0 Å². The van der Waals surface area contributed by atoms with E-state index < -0.39 is 0 Å². The van der Waals surface area contributed by atoms with Crippen LogP contribution in [-0.2, 0) is 0 Å². The highest BCUT2D eigenvalue weighted by molar-refractivity contribution is 6.02. The van der Waals surface area contributed by atoms with Gasteiger partial charge in [0, 0.05) is 11.8 Å². The SMILES string of the molecule is C(=Cc1ccc2cccc3c2c1C=CC3C1C=Cc2c(C=Cc3ccccc3)ccc3cccc1c23)c1ccccc1. The zero-order valence-electron chi connectivity index (χ0n) is 23.3. The molecule has 0 fully saturated rings. The summed E-state index contributed by atoms with van der Waals surface area (Å²) in [4.78, 5) is 0. The van der Waals surface area contributed by atoms with Gasteiger partial charge in [-0.3, -0.25) is 0 Å². The Morgan fingerprint density at radius 1 is 0.381 bits per heavy atom. The van der Waals surface area contributed by atoms with Gasteiger partial charge in [-0.25, -0.2) is 0 Å². The topological polar surface area (TPSA) is 0 Å². The fourth-order valence-corrected chi connectivity index (χ4v) is 6.84. The van der Waals surface area contributed by atoms with Crippen LogP contribution >= 0.6 is 0 Å². The molecular formula is C42H30. The van der Waals surface area contributed by atoms with Crippen molar-refractivity contribution in [2.75, 3.05) is 0 Å². The van der Waals surface area contributed by atoms with E-state index in [4.69, 9.17) is 0 Å². The second kappa shape index (κ2) is 10.3. The first-order valence-electron chi connectivity index (χ1n) is 14.8. The first kappa shape index (κ1) is 24.6. The smallest absolute Gasteiger partial charge is 0.0131 e. The molecule has 2 atom stereocenters. The summed E-state index contributed by atoms with van der Waals surface area (Å²) in [6, 6.07) is 43.8. The average molecular weight is 535 g/mol. The molecule has 0 nitrogen and oxygen atoms in total. The molecule has 0 heterocycles. The molecule has 2 aliphatic rings. The number of allylic oxidation sites excluding steroid dienone is 2. The minimum atomic E-state index is 0.271. The Morgan fingerprint density at radius 2 is 0.833 bits per heavy atom. The molecule has 0 aliphatic heterocycles. The molecule has 0 saturated carbocycles. The minimum Gasteiger partial charge on any atom is -0.0754 e. The normalized spacial score (nSPS) is 17.1. The van der Waals surface area contributed by atoms with Crippen molar-refractivity contribution in [3.63, 3.8) is 0 Å². The highest BCUT2D eigenvalue weighted by Crippen LogP contribution is 2.48. The fraction of sp³-hybridized carbons (Fsp3) is 0.0476. The second-order valence-corrected chi connectivity index (χ2v) is 11.3. The standard InChI is InChI=1S/C42H30/c1-3-9-29(10-4-1)17-19-31-21-23-33-13-7-15-39-37(27-25-35(31)41(33)39)38-28-26-36-32(20-18-30-11-5-2-6-12-30)22-24-34-14-8-16-40(38)42(34)36/h1-28,37-38H. The molecule has 42 heavy (non-hydrogen) atoms. The Balaban J connectivity index is 1.21. The van der Waals surface area contributed by atoms with Crippen molar-refractivity contribution >= 4 is 58.0 Å². The van der Waals surface area contributed by atoms with Gasteiger partial charge in [0.05, 0.1) is 0 Å². The molecule has 0 N–H and O–H groups in total. The molecule has 2 unspecified atom stereocenters. The predicted octanol–water partition coefficient (Wildman–Crippen LogP) is 11.3. The first-order valence-corrected chi connectivity index (χ1v) is 14.8. The molecule has 0 saturated heterocycles. The van der Waals surface area contributed by atoms with Gasteiger partial charge in [0.25, 0.3) is 0 Å². The van der Waals surface area contributed by atoms with E-state index in [1.54, 1.807) is 0 Å². The summed E-state index contributed by atoms with van der Waals surface area (Å²) >= 11 is 0. The first-order chi connectivity index (χ1) is 20.8. The average Bonchev–Trinajstić information content (AvgIpc) is 3.06. The largest absolute Gasteiger partial charge is 0.0754 e. The number of benzene rings is 6. The minimum absolute atomic E-state index is 0.271. The van der Waals surface area contributed by atoms with Crippen molar-refractivity contribution < 1.29 is 0 Å². The van der Waals surface area contributed by atoms with Gasteiger partial charge in [0.2, 0.25) is 0 Å². The van der Waals surface area contributed by atoms with Crippen LogP contribution in [0.5, 0.6) is 0 Å². The van der Waals surface area contributed by atoms with Crippen LogP contribution in [0.2, 0.25) is 0 Å². The third-order valence-corrected chi connectivity index (χ3v) is 8.86. The molecule has 198 valence electrons. The number of hydrogen-bond donors (Lipinski definition) is 0. The van der Waals surface area contributed by atoms with E-state index in [0.717, 1.165) is 0 Å². The van der Waals surface area contributed by atoms with Gasteiger partial charge in [0.15, 0.2) is 0 Å². The highest BCUT2D eigenvalue weighted by atomic mass is 14.3. The van der Waals surface area contributed by atoms with Crippen LogP contribution in [0.3, 0.4) is 0 Å². The zero-order valence-corrected chi connectivity index (χ0v) is 23.3. The molecule has 0 amide bonds. The Kier molecular flexibility index (Phi) is 6.04. The number of hydrogen-bond acceptors (Lipinski definition) is 0. The van der Waals surface area contributed by atoms with Gasteiger partial charge in [-0.05, 0) is 66.1 Å². The highest BCUT2D eigenvalue weighted by Gasteiger charge is 2.29. The van der Waals surface area contributed by atoms with Gasteiger partial charge in [-0.1, -0.05) is 170 Å². The Labute approximate surface area is 247 Å². The monoisotopic (exact) mass is 534 g/mol. The lowest BCUT2D eigenvalue weighted by Crippen LogP contribution is -2.13. The summed E-state index contributed by atoms with van der Waals surface area (Å²) in [5, 5.41) is 5.37. The molecule has 6 aromatic rings. The van der Waals surface area contributed by atoms with Crippen molar-refractivity contribution in [3.05, 3.63) is 178 Å². The Bertz CT molecular complexity index is 1920. The van der Waals surface area contributed by atoms with Crippen LogP contribution in [-0.4, -0.2) is 0 Å². The Hall–Kier alpha value is -5.20. The van der Waals surface area contributed by atoms with Gasteiger partial charge in [-0.2, -0.15) is 0 Å². The zero-order chi connectivity index (χ0) is 27.9. The van der Waals surface area contributed by atoms with Crippen molar-refractivity contribution in [3.8, 4) is 0 Å². The van der Waals surface area contributed by atoms with E-state index in [0.29, 0.717) is 0 Å². The molecule has 0 radical (unpaired) electrons. The van der Waals surface area contributed by atoms with Crippen LogP contribution in [0, 0.1) is 0 Å². The van der Waals surface area contributed by atoms with E-state index in [9.17, 15) is 0 Å². The maximum Gasteiger partial charge on any atom is 0.0131 e. The van der Waals surface area contributed by atoms with Crippen molar-refractivity contribution in [2.45, 2.75) is 11.8 Å². The van der Waals surface area contributed by atoms with Gasteiger partial charge in [-0.15, -0.1) is 0 Å². The Morgan fingerprint density at radius 3 is 1.29 bits per heavy atom. The van der Waals surface area contributed by atoms with Crippen molar-refractivity contribution in [1.29, 1.82) is 0 Å². The third-order valence-electron chi connectivity index (χ3n) is 8.86. The molecule has 6 aromatic carbocycles. The summed E-state index contributed by atoms with van der Waals surface area (Å²) < 4.78 is 0. The molecule has 2 aliphatic carbocycles. The van der Waals surface area contributed by atoms with Crippen molar-refractivity contribution in [2.24, 2.45) is 0 Å². The summed E-state index contributed by atoms with van der Waals surface area (Å²) in [5.41, 5.74) is 10.4. The van der Waals surface area contributed by atoms with Crippen LogP contribution in [0.15, 0.2) is 133 Å². The predicted molar refractivity (Wildman–Crippen MR) is 182 cm³/mol. The third kappa shape index (κ3) is 4.24.